The van der Waals surface area contributed by atoms with Crippen molar-refractivity contribution in [3.63, 3.8) is 0 Å². The lowest BCUT2D eigenvalue weighted by Crippen LogP contribution is -2.38. The molecule has 3 aromatic carbocycles. The van der Waals surface area contributed by atoms with Gasteiger partial charge in [0.2, 0.25) is 0 Å². The molecule has 152 valence electrons. The Morgan fingerprint density at radius 1 is 1.10 bits per heavy atom. The predicted octanol–water partition coefficient (Wildman–Crippen LogP) is 5.13. The van der Waals surface area contributed by atoms with Crippen LogP contribution in [0.1, 0.15) is 27.0 Å². The average molecular weight is 421 g/mol. The number of para-hydroxylation sites is 2. The number of ether oxygens (including phenoxy) is 1. The highest BCUT2D eigenvalue weighted by molar-refractivity contribution is 6.34. The zero-order valence-electron chi connectivity index (χ0n) is 16.7. The maximum atomic E-state index is 12.7. The highest BCUT2D eigenvalue weighted by Gasteiger charge is 2.25. The second-order valence-electron chi connectivity index (χ2n) is 7.33. The van der Waals surface area contributed by atoms with Gasteiger partial charge in [0, 0.05) is 5.56 Å². The zero-order valence-corrected chi connectivity index (χ0v) is 17.5. The molecule has 3 aromatic rings. The van der Waals surface area contributed by atoms with Gasteiger partial charge in [-0.05, 0) is 60.9 Å². The summed E-state index contributed by atoms with van der Waals surface area (Å²) in [4.78, 5) is 26.7. The number of carbonyl (C=O) groups is 2. The number of anilines is 2. The normalized spacial score (nSPS) is 12.9. The number of carbonyl (C=O) groups excluding carboxylic acids is 2. The van der Waals surface area contributed by atoms with Gasteiger partial charge in [-0.25, -0.2) is 0 Å². The molecule has 0 radical (unpaired) electrons. The number of nitrogens with zero attached hydrogens (tertiary/aromatic N) is 1. The number of halogens is 1. The van der Waals surface area contributed by atoms with Crippen molar-refractivity contribution in [1.29, 1.82) is 0 Å². The molecular formula is C24H21ClN2O3. The van der Waals surface area contributed by atoms with Crippen LogP contribution in [0.25, 0.3) is 0 Å². The number of hydrogen-bond donors (Lipinski definition) is 1. The van der Waals surface area contributed by atoms with E-state index in [1.165, 1.54) is 0 Å². The van der Waals surface area contributed by atoms with Gasteiger partial charge in [-0.3, -0.25) is 9.59 Å². The minimum Gasteiger partial charge on any atom is -0.482 e. The molecule has 6 heteroatoms. The highest BCUT2D eigenvalue weighted by Crippen LogP contribution is 2.32. The van der Waals surface area contributed by atoms with E-state index in [0.29, 0.717) is 28.6 Å². The number of hydrogen-bond acceptors (Lipinski definition) is 3. The summed E-state index contributed by atoms with van der Waals surface area (Å²) < 4.78 is 5.48. The number of nitrogens with one attached hydrogen (secondary N) is 1. The SMILES string of the molecule is Cc1cc(C)c(NC(=O)c2ccc(CN3C(=O)COc4ccccc43)cc2)c(Cl)c1. The van der Waals surface area contributed by atoms with Crippen LogP contribution in [0.4, 0.5) is 11.4 Å². The Hall–Kier alpha value is -3.31. The van der Waals surface area contributed by atoms with E-state index in [4.69, 9.17) is 16.3 Å². The van der Waals surface area contributed by atoms with E-state index in [0.717, 1.165) is 22.4 Å². The number of amides is 2. The van der Waals surface area contributed by atoms with Gasteiger partial charge < -0.3 is 15.0 Å². The molecule has 0 aliphatic carbocycles. The third kappa shape index (κ3) is 4.02. The molecule has 5 nitrogen and oxygen atoms in total. The van der Waals surface area contributed by atoms with Gasteiger partial charge in [-0.2, -0.15) is 0 Å². The van der Waals surface area contributed by atoms with Crippen molar-refractivity contribution in [2.75, 3.05) is 16.8 Å². The largest absolute Gasteiger partial charge is 0.482 e. The molecular weight excluding hydrogens is 400 g/mol. The molecule has 0 bridgehead atoms. The van der Waals surface area contributed by atoms with E-state index in [1.54, 1.807) is 17.0 Å². The van der Waals surface area contributed by atoms with Gasteiger partial charge in [0.05, 0.1) is 22.9 Å². The Balaban J connectivity index is 1.50. The molecule has 1 heterocycles. The molecule has 2 amide bonds. The number of rotatable bonds is 4. The first-order valence-electron chi connectivity index (χ1n) is 9.61. The fourth-order valence-electron chi connectivity index (χ4n) is 3.53. The molecule has 1 aliphatic heterocycles. The second-order valence-corrected chi connectivity index (χ2v) is 7.73. The summed E-state index contributed by atoms with van der Waals surface area (Å²) in [5.74, 6) is 0.363. The van der Waals surface area contributed by atoms with Crippen LogP contribution in [0.2, 0.25) is 5.02 Å². The number of benzene rings is 3. The molecule has 0 spiro atoms. The number of aryl methyl sites for hydroxylation is 2. The predicted molar refractivity (Wildman–Crippen MR) is 118 cm³/mol. The lowest BCUT2D eigenvalue weighted by atomic mass is 10.1. The Labute approximate surface area is 180 Å². The maximum absolute atomic E-state index is 12.7. The smallest absolute Gasteiger partial charge is 0.265 e. The molecule has 0 fully saturated rings. The molecule has 0 saturated heterocycles. The molecule has 0 atom stereocenters. The van der Waals surface area contributed by atoms with Crippen LogP contribution in [0.5, 0.6) is 5.75 Å². The maximum Gasteiger partial charge on any atom is 0.265 e. The van der Waals surface area contributed by atoms with E-state index in [-0.39, 0.29) is 18.4 Å². The monoisotopic (exact) mass is 420 g/mol. The fourth-order valence-corrected chi connectivity index (χ4v) is 3.90. The van der Waals surface area contributed by atoms with Crippen LogP contribution in [0, 0.1) is 13.8 Å². The molecule has 0 unspecified atom stereocenters. The van der Waals surface area contributed by atoms with Crippen molar-refractivity contribution < 1.29 is 14.3 Å². The lowest BCUT2D eigenvalue weighted by molar-refractivity contribution is -0.121. The van der Waals surface area contributed by atoms with Crippen LogP contribution in [-0.4, -0.2) is 18.4 Å². The third-order valence-electron chi connectivity index (χ3n) is 5.04. The minimum atomic E-state index is -0.233. The van der Waals surface area contributed by atoms with Crippen LogP contribution >= 0.6 is 11.6 Å². The number of fused-ring (bicyclic) bond motifs is 1. The first kappa shape index (κ1) is 20.0. The van der Waals surface area contributed by atoms with Gasteiger partial charge in [-0.1, -0.05) is 41.9 Å². The molecule has 1 aliphatic rings. The summed E-state index contributed by atoms with van der Waals surface area (Å²) >= 11 is 6.29. The van der Waals surface area contributed by atoms with Crippen molar-refractivity contribution >= 4 is 34.8 Å². The Kier molecular flexibility index (Phi) is 5.46. The molecule has 0 aromatic heterocycles. The molecule has 0 saturated carbocycles. The van der Waals surface area contributed by atoms with Crippen LogP contribution in [0.15, 0.2) is 60.7 Å². The quantitative estimate of drug-likeness (QED) is 0.636. The van der Waals surface area contributed by atoms with E-state index in [2.05, 4.69) is 5.32 Å². The van der Waals surface area contributed by atoms with Crippen molar-refractivity contribution in [1.82, 2.24) is 0 Å². The van der Waals surface area contributed by atoms with Gasteiger partial charge in [0.1, 0.15) is 5.75 Å². The Morgan fingerprint density at radius 3 is 2.57 bits per heavy atom. The van der Waals surface area contributed by atoms with Crippen molar-refractivity contribution in [2.45, 2.75) is 20.4 Å². The summed E-state index contributed by atoms with van der Waals surface area (Å²) in [5, 5.41) is 3.41. The molecule has 4 rings (SSSR count). The molecule has 1 N–H and O–H groups in total. The first-order valence-corrected chi connectivity index (χ1v) is 9.99. The van der Waals surface area contributed by atoms with Gasteiger partial charge >= 0.3 is 0 Å². The van der Waals surface area contributed by atoms with E-state index < -0.39 is 0 Å². The summed E-state index contributed by atoms with van der Waals surface area (Å²) in [6.07, 6.45) is 0. The van der Waals surface area contributed by atoms with Crippen LogP contribution in [-0.2, 0) is 11.3 Å². The first-order chi connectivity index (χ1) is 14.4. The topological polar surface area (TPSA) is 58.6 Å². The van der Waals surface area contributed by atoms with Gasteiger partial charge in [0.15, 0.2) is 6.61 Å². The summed E-state index contributed by atoms with van der Waals surface area (Å²) in [5.41, 5.74) is 4.75. The highest BCUT2D eigenvalue weighted by atomic mass is 35.5. The van der Waals surface area contributed by atoms with Crippen LogP contribution in [0.3, 0.4) is 0 Å². The summed E-state index contributed by atoms with van der Waals surface area (Å²) in [6.45, 7) is 4.30. The van der Waals surface area contributed by atoms with E-state index in [9.17, 15) is 9.59 Å². The van der Waals surface area contributed by atoms with Crippen LogP contribution < -0.4 is 15.0 Å². The van der Waals surface area contributed by atoms with Crippen molar-refractivity contribution in [2.24, 2.45) is 0 Å². The Bertz CT molecular complexity index is 1100. The average Bonchev–Trinajstić information content (AvgIpc) is 2.73. The fraction of sp³-hybridized carbons (Fsp3) is 0.167. The van der Waals surface area contributed by atoms with E-state index >= 15 is 0 Å². The zero-order chi connectivity index (χ0) is 21.3. The van der Waals surface area contributed by atoms with Gasteiger partial charge in [-0.15, -0.1) is 0 Å². The summed E-state index contributed by atoms with van der Waals surface area (Å²) in [7, 11) is 0. The Morgan fingerprint density at radius 2 is 1.83 bits per heavy atom. The van der Waals surface area contributed by atoms with Gasteiger partial charge in [0.25, 0.3) is 11.8 Å². The summed E-state index contributed by atoms with van der Waals surface area (Å²) in [6, 6.07) is 18.5. The van der Waals surface area contributed by atoms with Crippen molar-refractivity contribution in [3.05, 3.63) is 87.9 Å². The second kappa shape index (κ2) is 8.20. The molecule has 30 heavy (non-hydrogen) atoms. The van der Waals surface area contributed by atoms with E-state index in [1.807, 2.05) is 62.4 Å². The standard InChI is InChI=1S/C24H21ClN2O3/c1-15-11-16(2)23(19(25)12-15)26-24(29)18-9-7-17(8-10-18)13-27-20-5-3-4-6-21(20)30-14-22(27)28/h3-12H,13-14H2,1-2H3,(H,26,29). The lowest BCUT2D eigenvalue weighted by Gasteiger charge is -2.29. The third-order valence-corrected chi connectivity index (χ3v) is 5.33. The minimum absolute atomic E-state index is 0.0220. The van der Waals surface area contributed by atoms with Crippen molar-refractivity contribution in [3.8, 4) is 5.75 Å².